The van der Waals surface area contributed by atoms with Gasteiger partial charge in [0.05, 0.1) is 0 Å². The largest absolute Gasteiger partial charge is 1.00 e. The Morgan fingerprint density at radius 2 is 0.458 bits per heavy atom. The van der Waals surface area contributed by atoms with Crippen LogP contribution in [0.4, 0.5) is 0 Å². The second-order valence-corrected chi connectivity index (χ2v) is 5.72. The first-order valence-electron chi connectivity index (χ1n) is 3.00. The van der Waals surface area contributed by atoms with Crippen LogP contribution in [-0.2, 0) is 58.9 Å². The Bertz CT molecular complexity index is 566. The smallest absolute Gasteiger partial charge is 0.724 e. The summed E-state index contributed by atoms with van der Waals surface area (Å²) in [4.78, 5) is 0. The van der Waals surface area contributed by atoms with Gasteiger partial charge in [-0.2, -0.15) is 0 Å². The molecule has 0 radical (unpaired) electrons. The number of hydrogen-bond acceptors (Lipinski definition) is 16. The van der Waals surface area contributed by atoms with Gasteiger partial charge in [-0.15, -0.1) is 17.3 Å². The van der Waals surface area contributed by atoms with Crippen LogP contribution in [-0.4, -0.2) is 51.9 Å². The number of hydrogen-bond donors (Lipinski definition) is 0. The van der Waals surface area contributed by atoms with E-state index in [9.17, 15) is 51.9 Å². The Labute approximate surface area is 225 Å². The van der Waals surface area contributed by atoms with Crippen molar-refractivity contribution in [2.75, 3.05) is 0 Å². The Kier molecular flexibility index (Phi) is 30.2. The number of rotatable bonds is 6. The normalized spacial score (nSPS) is 11.2. The van der Waals surface area contributed by atoms with Crippen molar-refractivity contribution in [2.45, 2.75) is 0 Å². The van der Waals surface area contributed by atoms with Gasteiger partial charge in [-0.3, -0.25) is 0 Å². The summed E-state index contributed by atoms with van der Waals surface area (Å²) in [7, 11) is -21.2. The van der Waals surface area contributed by atoms with E-state index in [4.69, 9.17) is 0 Å². The molecule has 0 aromatic heterocycles. The minimum absolute atomic E-state index is 0. The van der Waals surface area contributed by atoms with Crippen LogP contribution in [0.1, 0.15) is 0 Å². The SMILES string of the molecule is O=S(=O)([O-])OOS(=O)(=O)[O-].O=S(=O)([O-])OOS(=O)(=O)[O-].[Na+].[Na+].[Na+].[Na+]. The topological polar surface area (TPSA) is 266 Å². The summed E-state index contributed by atoms with van der Waals surface area (Å²) >= 11 is 0. The van der Waals surface area contributed by atoms with Crippen LogP contribution in [0.15, 0.2) is 0 Å². The van der Waals surface area contributed by atoms with Crippen LogP contribution in [0, 0.1) is 0 Å². The van der Waals surface area contributed by atoms with Crippen molar-refractivity contribution < 1.29 is 187 Å². The van der Waals surface area contributed by atoms with E-state index in [1.54, 1.807) is 0 Å². The van der Waals surface area contributed by atoms with Gasteiger partial charge in [0.1, 0.15) is 0 Å². The molecule has 0 atom stereocenters. The van der Waals surface area contributed by atoms with E-state index < -0.39 is 41.6 Å². The summed E-state index contributed by atoms with van der Waals surface area (Å²) in [6, 6.07) is 0. The van der Waals surface area contributed by atoms with E-state index in [-0.39, 0.29) is 118 Å². The van der Waals surface area contributed by atoms with Crippen LogP contribution in [0.3, 0.4) is 0 Å². The molecule has 124 valence electrons. The van der Waals surface area contributed by atoms with Crippen molar-refractivity contribution in [3.8, 4) is 0 Å². The van der Waals surface area contributed by atoms with Crippen LogP contribution in [0.2, 0.25) is 0 Å². The van der Waals surface area contributed by atoms with Gasteiger partial charge in [0.2, 0.25) is 41.6 Å². The average molecular weight is 476 g/mol. The molecule has 24 heavy (non-hydrogen) atoms. The molecule has 0 fully saturated rings. The van der Waals surface area contributed by atoms with E-state index in [0.29, 0.717) is 0 Å². The first-order chi connectivity index (χ1) is 8.41. The molecule has 0 aliphatic carbocycles. The molecule has 0 rings (SSSR count). The molecule has 24 heteroatoms. The Balaban J connectivity index is -0.0000000579. The van der Waals surface area contributed by atoms with Crippen LogP contribution < -0.4 is 118 Å². The van der Waals surface area contributed by atoms with Gasteiger partial charge in [-0.25, -0.2) is 33.7 Å². The minimum atomic E-state index is -5.31. The maximum absolute atomic E-state index is 9.37. The molecule has 0 N–H and O–H groups in total. The molecule has 0 spiro atoms. The quantitative estimate of drug-likeness (QED) is 0.113. The van der Waals surface area contributed by atoms with Gasteiger partial charge < -0.3 is 18.2 Å². The molecule has 0 heterocycles. The molecule has 0 amide bonds. The third kappa shape index (κ3) is 50.0. The van der Waals surface area contributed by atoms with Gasteiger partial charge in [0, 0.05) is 0 Å². The van der Waals surface area contributed by atoms with Crippen molar-refractivity contribution in [1.82, 2.24) is 0 Å². The summed E-state index contributed by atoms with van der Waals surface area (Å²) in [5.74, 6) is 0. The maximum atomic E-state index is 9.37. The molecule has 16 nitrogen and oxygen atoms in total. The van der Waals surface area contributed by atoms with Crippen molar-refractivity contribution in [3.05, 3.63) is 0 Å². The van der Waals surface area contributed by atoms with Crippen molar-refractivity contribution in [3.63, 3.8) is 0 Å². The third-order valence-electron chi connectivity index (χ3n) is 0.389. The van der Waals surface area contributed by atoms with Gasteiger partial charge in [0.15, 0.2) is 0 Å². The zero-order valence-corrected chi connectivity index (χ0v) is 23.4. The van der Waals surface area contributed by atoms with Gasteiger partial charge in [-0.1, -0.05) is 0 Å². The predicted octanol–water partition coefficient (Wildman–Crippen LogP) is -16.3. The second-order valence-electron chi connectivity index (χ2n) is 1.91. The minimum Gasteiger partial charge on any atom is -0.724 e. The van der Waals surface area contributed by atoms with Crippen LogP contribution >= 0.6 is 0 Å². The molecule has 0 aliphatic heterocycles. The predicted molar refractivity (Wildman–Crippen MR) is 43.1 cm³/mol. The summed E-state index contributed by atoms with van der Waals surface area (Å²) in [6.45, 7) is 0. The fourth-order valence-electron chi connectivity index (χ4n) is 0.136. The standard InChI is InChI=1S/4Na.2H2O8S2/c;;;;2*1-9(2,3)7-8-10(4,5)6/h;;;;2*(H,1,2,3)(H,4,5,6)/q4*+1;;/p-4. The molecule has 0 saturated heterocycles. The molecule has 0 aromatic carbocycles. The monoisotopic (exact) mass is 476 g/mol. The Morgan fingerprint density at radius 3 is 0.500 bits per heavy atom. The summed E-state index contributed by atoms with van der Waals surface area (Å²) in [5, 5.41) is 0. The average Bonchev–Trinajstić information content (AvgIpc) is 2.09. The summed E-state index contributed by atoms with van der Waals surface area (Å²) in [5.41, 5.74) is 0. The first-order valence-corrected chi connectivity index (χ1v) is 8.33. The Morgan fingerprint density at radius 1 is 0.375 bits per heavy atom. The molecule has 0 saturated carbocycles. The van der Waals surface area contributed by atoms with Crippen molar-refractivity contribution >= 4 is 41.6 Å². The molecular formula is Na4O16S4. The van der Waals surface area contributed by atoms with Crippen LogP contribution in [0.25, 0.3) is 0 Å². The third-order valence-corrected chi connectivity index (χ3v) is 1.50. The van der Waals surface area contributed by atoms with E-state index in [1.807, 2.05) is 0 Å². The molecular weight excluding hydrogens is 476 g/mol. The van der Waals surface area contributed by atoms with Crippen molar-refractivity contribution in [1.29, 1.82) is 0 Å². The molecule has 0 aliphatic rings. The molecule has 0 aromatic rings. The van der Waals surface area contributed by atoms with Gasteiger partial charge >= 0.3 is 118 Å². The van der Waals surface area contributed by atoms with Gasteiger partial charge in [-0.05, 0) is 0 Å². The second kappa shape index (κ2) is 17.3. The van der Waals surface area contributed by atoms with Crippen LogP contribution in [0.5, 0.6) is 0 Å². The van der Waals surface area contributed by atoms with Gasteiger partial charge in [0.25, 0.3) is 0 Å². The zero-order valence-electron chi connectivity index (χ0n) is 12.2. The zero-order chi connectivity index (χ0) is 16.8. The fraction of sp³-hybridized carbons (Fsp3) is 0. The van der Waals surface area contributed by atoms with E-state index in [1.165, 1.54) is 0 Å². The van der Waals surface area contributed by atoms with Crippen molar-refractivity contribution in [2.24, 2.45) is 0 Å². The first kappa shape index (κ1) is 41.8. The van der Waals surface area contributed by atoms with E-state index in [2.05, 4.69) is 17.3 Å². The summed E-state index contributed by atoms with van der Waals surface area (Å²) in [6.07, 6.45) is 0. The molecule has 0 bridgehead atoms. The maximum Gasteiger partial charge on any atom is 1.00 e. The summed E-state index contributed by atoms with van der Waals surface area (Å²) < 4.78 is 123. The van der Waals surface area contributed by atoms with E-state index in [0.717, 1.165) is 0 Å². The van der Waals surface area contributed by atoms with E-state index >= 15 is 0 Å². The Hall–Kier alpha value is 3.48. The molecule has 0 unspecified atom stereocenters. The fourth-order valence-corrected chi connectivity index (χ4v) is 1.22.